The average molecular weight is 587 g/mol. The Morgan fingerprint density at radius 3 is 2.46 bits per heavy atom. The van der Waals surface area contributed by atoms with Crippen molar-refractivity contribution in [3.05, 3.63) is 91.8 Å². The zero-order valence-corrected chi connectivity index (χ0v) is 24.5. The molecule has 4 rings (SSSR count). The average Bonchev–Trinajstić information content (AvgIpc) is 3.15. The van der Waals surface area contributed by atoms with Gasteiger partial charge in [0.1, 0.15) is 19.0 Å². The number of thioether (sulfide) groups is 1. The zero-order chi connectivity index (χ0) is 28.1. The van der Waals surface area contributed by atoms with Crippen molar-refractivity contribution >= 4 is 52.2 Å². The first-order chi connectivity index (χ1) is 18.7. The van der Waals surface area contributed by atoms with Gasteiger partial charge in [-0.1, -0.05) is 61.3 Å². The van der Waals surface area contributed by atoms with E-state index in [0.717, 1.165) is 34.2 Å². The zero-order valence-electron chi connectivity index (χ0n) is 22.1. The molecular weight excluding hydrogens is 557 g/mol. The smallest absolute Gasteiger partial charge is 0.293 e. The molecule has 0 radical (unpaired) electrons. The third-order valence-electron chi connectivity index (χ3n) is 6.12. The highest BCUT2D eigenvalue weighted by molar-refractivity contribution is 8.18. The Morgan fingerprint density at radius 2 is 1.74 bits per heavy atom. The van der Waals surface area contributed by atoms with Crippen LogP contribution in [0.4, 0.5) is 4.79 Å². The first-order valence-corrected chi connectivity index (χ1v) is 14.0. The second-order valence-corrected chi connectivity index (χ2v) is 11.1. The number of carbonyl (C=O) groups is 2. The van der Waals surface area contributed by atoms with Gasteiger partial charge in [0.25, 0.3) is 11.1 Å². The van der Waals surface area contributed by atoms with Crippen molar-refractivity contribution < 1.29 is 23.8 Å². The SMILES string of the molecule is COc1cc(/C=C2\SC(=O)N(CCOc3cc(C)ccc3C(C)C)C2=O)ccc1OCc1ccc(Cl)cc1Cl. The highest BCUT2D eigenvalue weighted by Gasteiger charge is 2.35. The van der Waals surface area contributed by atoms with Gasteiger partial charge in [0.2, 0.25) is 0 Å². The summed E-state index contributed by atoms with van der Waals surface area (Å²) in [5.41, 5.74) is 3.66. The molecule has 1 saturated heterocycles. The second kappa shape index (κ2) is 12.8. The lowest BCUT2D eigenvalue weighted by Gasteiger charge is -2.17. The van der Waals surface area contributed by atoms with Gasteiger partial charge in [-0.25, -0.2) is 0 Å². The molecule has 0 bridgehead atoms. The first kappa shape index (κ1) is 28.9. The van der Waals surface area contributed by atoms with Crippen LogP contribution in [0, 0.1) is 6.92 Å². The number of benzene rings is 3. The number of ether oxygens (including phenoxy) is 3. The Morgan fingerprint density at radius 1 is 0.949 bits per heavy atom. The Hall–Kier alpha value is -3.13. The number of halogens is 2. The lowest BCUT2D eigenvalue weighted by Crippen LogP contribution is -2.32. The molecule has 3 aromatic rings. The summed E-state index contributed by atoms with van der Waals surface area (Å²) in [6.07, 6.45) is 1.67. The molecule has 0 saturated carbocycles. The second-order valence-electron chi connectivity index (χ2n) is 9.31. The van der Waals surface area contributed by atoms with Gasteiger partial charge in [-0.2, -0.15) is 0 Å². The molecule has 6 nitrogen and oxygen atoms in total. The largest absolute Gasteiger partial charge is 0.493 e. The summed E-state index contributed by atoms with van der Waals surface area (Å²) in [5, 5.41) is 0.738. The predicted octanol–water partition coefficient (Wildman–Crippen LogP) is 8.13. The van der Waals surface area contributed by atoms with E-state index >= 15 is 0 Å². The molecule has 39 heavy (non-hydrogen) atoms. The fourth-order valence-electron chi connectivity index (χ4n) is 4.02. The van der Waals surface area contributed by atoms with Gasteiger partial charge >= 0.3 is 0 Å². The summed E-state index contributed by atoms with van der Waals surface area (Å²) in [5.74, 6) is 1.73. The van der Waals surface area contributed by atoms with Gasteiger partial charge in [-0.15, -0.1) is 0 Å². The lowest BCUT2D eigenvalue weighted by atomic mass is 10.0. The quantitative estimate of drug-likeness (QED) is 0.224. The van der Waals surface area contributed by atoms with Crippen LogP contribution in [0.3, 0.4) is 0 Å². The highest BCUT2D eigenvalue weighted by atomic mass is 35.5. The van der Waals surface area contributed by atoms with Gasteiger partial charge in [0.15, 0.2) is 11.5 Å². The number of amides is 2. The van der Waals surface area contributed by atoms with E-state index in [4.69, 9.17) is 37.4 Å². The van der Waals surface area contributed by atoms with Crippen molar-refractivity contribution in [2.24, 2.45) is 0 Å². The van der Waals surface area contributed by atoms with E-state index < -0.39 is 0 Å². The molecule has 0 aromatic heterocycles. The van der Waals surface area contributed by atoms with Crippen LogP contribution in [-0.2, 0) is 11.4 Å². The third-order valence-corrected chi connectivity index (χ3v) is 7.62. The minimum Gasteiger partial charge on any atom is -0.493 e. The lowest BCUT2D eigenvalue weighted by molar-refractivity contribution is -0.123. The summed E-state index contributed by atoms with van der Waals surface area (Å²) >= 11 is 13.1. The van der Waals surface area contributed by atoms with Gasteiger partial charge in [0, 0.05) is 15.6 Å². The van der Waals surface area contributed by atoms with Crippen LogP contribution < -0.4 is 14.2 Å². The van der Waals surface area contributed by atoms with Crippen molar-refractivity contribution in [2.75, 3.05) is 20.3 Å². The minimum atomic E-state index is -0.349. The maximum Gasteiger partial charge on any atom is 0.293 e. The van der Waals surface area contributed by atoms with Crippen LogP contribution in [-0.4, -0.2) is 36.3 Å². The monoisotopic (exact) mass is 585 g/mol. The molecule has 0 spiro atoms. The summed E-state index contributed by atoms with van der Waals surface area (Å²) in [7, 11) is 1.54. The van der Waals surface area contributed by atoms with Crippen LogP contribution >= 0.6 is 35.0 Å². The topological polar surface area (TPSA) is 65.1 Å². The molecule has 3 aromatic carbocycles. The van der Waals surface area contributed by atoms with E-state index in [9.17, 15) is 9.59 Å². The van der Waals surface area contributed by atoms with E-state index in [0.29, 0.717) is 37.9 Å². The van der Waals surface area contributed by atoms with Crippen LogP contribution in [0.1, 0.15) is 42.0 Å². The summed E-state index contributed by atoms with van der Waals surface area (Å²) in [6, 6.07) is 16.6. The van der Waals surface area contributed by atoms with Crippen molar-refractivity contribution in [3.63, 3.8) is 0 Å². The fourth-order valence-corrected chi connectivity index (χ4v) is 5.35. The van der Waals surface area contributed by atoms with Crippen LogP contribution in [0.5, 0.6) is 17.2 Å². The molecule has 1 aliphatic rings. The maximum absolute atomic E-state index is 13.0. The van der Waals surface area contributed by atoms with Crippen molar-refractivity contribution in [3.8, 4) is 17.2 Å². The van der Waals surface area contributed by atoms with E-state index in [-0.39, 0.29) is 30.9 Å². The van der Waals surface area contributed by atoms with Crippen molar-refractivity contribution in [1.82, 2.24) is 4.90 Å². The van der Waals surface area contributed by atoms with Crippen LogP contribution in [0.2, 0.25) is 10.0 Å². The summed E-state index contributed by atoms with van der Waals surface area (Å²) in [6.45, 7) is 6.81. The van der Waals surface area contributed by atoms with Crippen molar-refractivity contribution in [1.29, 1.82) is 0 Å². The summed E-state index contributed by atoms with van der Waals surface area (Å²) in [4.78, 5) is 27.2. The minimum absolute atomic E-state index is 0.164. The molecular formula is C30H29Cl2NO5S. The van der Waals surface area contributed by atoms with E-state index in [1.807, 2.05) is 19.1 Å². The normalized spacial score (nSPS) is 14.4. The number of imide groups is 1. The van der Waals surface area contributed by atoms with Crippen LogP contribution in [0.25, 0.3) is 6.08 Å². The molecule has 0 aliphatic carbocycles. The number of carbonyl (C=O) groups excluding carboxylic acids is 2. The Kier molecular flexibility index (Phi) is 9.49. The summed E-state index contributed by atoms with van der Waals surface area (Å²) < 4.78 is 17.4. The molecule has 2 amide bonds. The number of methoxy groups -OCH3 is 1. The maximum atomic E-state index is 13.0. The number of rotatable bonds is 10. The Bertz CT molecular complexity index is 1420. The molecule has 9 heteroatoms. The number of hydrogen-bond donors (Lipinski definition) is 0. The first-order valence-electron chi connectivity index (χ1n) is 12.4. The van der Waals surface area contributed by atoms with E-state index in [1.54, 1.807) is 42.5 Å². The van der Waals surface area contributed by atoms with E-state index in [2.05, 4.69) is 19.9 Å². The number of hydrogen-bond acceptors (Lipinski definition) is 6. The molecule has 1 heterocycles. The van der Waals surface area contributed by atoms with Gasteiger partial charge in [0.05, 0.1) is 18.6 Å². The molecule has 0 N–H and O–H groups in total. The van der Waals surface area contributed by atoms with Gasteiger partial charge in [-0.05, 0) is 77.7 Å². The number of aryl methyl sites for hydroxylation is 1. The van der Waals surface area contributed by atoms with E-state index in [1.165, 1.54) is 12.0 Å². The molecule has 204 valence electrons. The van der Waals surface area contributed by atoms with Gasteiger partial charge in [-0.3, -0.25) is 14.5 Å². The predicted molar refractivity (Wildman–Crippen MR) is 157 cm³/mol. The number of nitrogens with zero attached hydrogens (tertiary/aromatic N) is 1. The molecule has 0 atom stereocenters. The van der Waals surface area contributed by atoms with Gasteiger partial charge < -0.3 is 14.2 Å². The molecule has 0 unspecified atom stereocenters. The molecule has 1 aliphatic heterocycles. The Balaban J connectivity index is 1.41. The van der Waals surface area contributed by atoms with Crippen molar-refractivity contribution in [2.45, 2.75) is 33.3 Å². The standard InChI is InChI=1S/C30H29Cl2NO5S/c1-18(2)23-9-5-19(3)13-26(23)37-12-11-33-29(34)28(39-30(33)35)15-20-6-10-25(27(14-20)36-4)38-17-21-7-8-22(31)16-24(21)32/h5-10,13-16,18H,11-12,17H2,1-4H3/b28-15-. The highest BCUT2D eigenvalue weighted by Crippen LogP contribution is 2.35. The third kappa shape index (κ3) is 7.10. The Labute approximate surface area is 242 Å². The molecule has 1 fully saturated rings. The van der Waals surface area contributed by atoms with Crippen LogP contribution in [0.15, 0.2) is 59.5 Å². The fraction of sp³-hybridized carbons (Fsp3) is 0.267.